The van der Waals surface area contributed by atoms with E-state index in [2.05, 4.69) is 24.1 Å². The van der Waals surface area contributed by atoms with Crippen molar-refractivity contribution in [3.63, 3.8) is 0 Å². The van der Waals surface area contributed by atoms with Crippen LogP contribution in [0.5, 0.6) is 0 Å². The summed E-state index contributed by atoms with van der Waals surface area (Å²) < 4.78 is 0. The molecule has 0 spiro atoms. The maximum Gasteiger partial charge on any atom is 0.224 e. The fourth-order valence-electron chi connectivity index (χ4n) is 2.52. The van der Waals surface area contributed by atoms with Gasteiger partial charge < -0.3 is 10.2 Å². The summed E-state index contributed by atoms with van der Waals surface area (Å²) in [6.45, 7) is 4.20. The minimum Gasteiger partial charge on any atom is -0.378 e. The number of nitrogens with one attached hydrogen (secondary N) is 1. The van der Waals surface area contributed by atoms with Crippen molar-refractivity contribution in [1.29, 1.82) is 0 Å². The zero-order valence-corrected chi connectivity index (χ0v) is 14.3. The van der Waals surface area contributed by atoms with Crippen molar-refractivity contribution < 1.29 is 4.79 Å². The number of carbonyl (C=O) groups excluding carboxylic acids is 1. The van der Waals surface area contributed by atoms with Crippen LogP contribution < -0.4 is 10.2 Å². The van der Waals surface area contributed by atoms with Crippen LogP contribution in [0, 0.1) is 5.92 Å². The van der Waals surface area contributed by atoms with E-state index in [1.54, 1.807) is 6.20 Å². The SMILES string of the molecule is CC(C)[C@H](NC(=O)Cc1ccc(N(C)C)cc1)c1cccnc1. The minimum absolute atomic E-state index is 0.0164. The number of hydrogen-bond acceptors (Lipinski definition) is 3. The third kappa shape index (κ3) is 4.81. The molecule has 1 amide bonds. The monoisotopic (exact) mass is 311 g/mol. The lowest BCUT2D eigenvalue weighted by atomic mass is 9.97. The summed E-state index contributed by atoms with van der Waals surface area (Å²) in [5, 5.41) is 3.13. The highest BCUT2D eigenvalue weighted by Gasteiger charge is 2.18. The highest BCUT2D eigenvalue weighted by molar-refractivity contribution is 5.79. The average Bonchev–Trinajstić information content (AvgIpc) is 2.53. The molecule has 4 heteroatoms. The van der Waals surface area contributed by atoms with E-state index in [1.165, 1.54) is 0 Å². The molecule has 0 aliphatic heterocycles. The van der Waals surface area contributed by atoms with Crippen LogP contribution in [0.1, 0.15) is 31.0 Å². The van der Waals surface area contributed by atoms with Gasteiger partial charge in [-0.05, 0) is 35.2 Å². The normalized spacial score (nSPS) is 12.0. The lowest BCUT2D eigenvalue weighted by molar-refractivity contribution is -0.121. The molecule has 0 aliphatic rings. The van der Waals surface area contributed by atoms with Gasteiger partial charge in [-0.1, -0.05) is 32.0 Å². The summed E-state index contributed by atoms with van der Waals surface area (Å²) in [7, 11) is 4.01. The number of carbonyl (C=O) groups is 1. The van der Waals surface area contributed by atoms with Crippen molar-refractivity contribution in [3.8, 4) is 0 Å². The zero-order valence-electron chi connectivity index (χ0n) is 14.3. The molecule has 2 rings (SSSR count). The molecule has 1 heterocycles. The number of benzene rings is 1. The van der Waals surface area contributed by atoms with Gasteiger partial charge in [0.2, 0.25) is 5.91 Å². The Bertz CT molecular complexity index is 621. The first kappa shape index (κ1) is 17.0. The molecule has 0 bridgehead atoms. The topological polar surface area (TPSA) is 45.2 Å². The Kier molecular flexibility index (Phi) is 5.74. The van der Waals surface area contributed by atoms with E-state index >= 15 is 0 Å². The van der Waals surface area contributed by atoms with E-state index in [0.29, 0.717) is 12.3 Å². The second-order valence-corrected chi connectivity index (χ2v) is 6.31. The Hall–Kier alpha value is -2.36. The first-order chi connectivity index (χ1) is 11.0. The molecule has 122 valence electrons. The minimum atomic E-state index is -0.0164. The summed E-state index contributed by atoms with van der Waals surface area (Å²) in [4.78, 5) is 18.6. The average molecular weight is 311 g/mol. The Morgan fingerprint density at radius 2 is 1.87 bits per heavy atom. The van der Waals surface area contributed by atoms with Crippen LogP contribution in [0.15, 0.2) is 48.8 Å². The Morgan fingerprint density at radius 1 is 1.17 bits per heavy atom. The molecular formula is C19H25N3O. The second-order valence-electron chi connectivity index (χ2n) is 6.31. The largest absolute Gasteiger partial charge is 0.378 e. The van der Waals surface area contributed by atoms with Crippen LogP contribution in [-0.4, -0.2) is 25.0 Å². The Balaban J connectivity index is 2.02. The first-order valence-electron chi connectivity index (χ1n) is 7.93. The van der Waals surface area contributed by atoms with Crippen molar-refractivity contribution in [2.45, 2.75) is 26.3 Å². The summed E-state index contributed by atoms with van der Waals surface area (Å²) >= 11 is 0. The molecule has 0 unspecified atom stereocenters. The van der Waals surface area contributed by atoms with Gasteiger partial charge in [-0.15, -0.1) is 0 Å². The Morgan fingerprint density at radius 3 is 2.39 bits per heavy atom. The van der Waals surface area contributed by atoms with E-state index in [0.717, 1.165) is 16.8 Å². The highest BCUT2D eigenvalue weighted by atomic mass is 16.1. The van der Waals surface area contributed by atoms with Crippen LogP contribution in [0.3, 0.4) is 0 Å². The second kappa shape index (κ2) is 7.77. The maximum absolute atomic E-state index is 12.4. The molecule has 1 aromatic heterocycles. The number of nitrogens with zero attached hydrogens (tertiary/aromatic N) is 2. The van der Waals surface area contributed by atoms with Gasteiger partial charge in [0, 0.05) is 32.2 Å². The molecule has 2 aromatic rings. The van der Waals surface area contributed by atoms with Gasteiger partial charge in [0.25, 0.3) is 0 Å². The molecule has 0 fully saturated rings. The molecule has 0 aliphatic carbocycles. The van der Waals surface area contributed by atoms with Crippen molar-refractivity contribution in [2.24, 2.45) is 5.92 Å². The number of anilines is 1. The third-order valence-electron chi connectivity index (χ3n) is 3.84. The highest BCUT2D eigenvalue weighted by Crippen LogP contribution is 2.21. The van der Waals surface area contributed by atoms with Crippen LogP contribution in [0.4, 0.5) is 5.69 Å². The fraction of sp³-hybridized carbons (Fsp3) is 0.368. The maximum atomic E-state index is 12.4. The summed E-state index contributed by atoms with van der Waals surface area (Å²) in [6.07, 6.45) is 3.95. The van der Waals surface area contributed by atoms with Gasteiger partial charge >= 0.3 is 0 Å². The molecule has 23 heavy (non-hydrogen) atoms. The molecule has 0 saturated carbocycles. The van der Waals surface area contributed by atoms with Gasteiger partial charge in [0.15, 0.2) is 0 Å². The molecular weight excluding hydrogens is 286 g/mol. The predicted molar refractivity (Wildman–Crippen MR) is 94.4 cm³/mol. The smallest absolute Gasteiger partial charge is 0.224 e. The van der Waals surface area contributed by atoms with Crippen molar-refractivity contribution >= 4 is 11.6 Å². The third-order valence-corrected chi connectivity index (χ3v) is 3.84. The predicted octanol–water partition coefficient (Wildman–Crippen LogP) is 3.20. The molecule has 1 N–H and O–H groups in total. The summed E-state index contributed by atoms with van der Waals surface area (Å²) in [6, 6.07) is 12.0. The van der Waals surface area contributed by atoms with E-state index in [-0.39, 0.29) is 11.9 Å². The fourth-order valence-corrected chi connectivity index (χ4v) is 2.52. The lowest BCUT2D eigenvalue weighted by Gasteiger charge is -2.22. The zero-order chi connectivity index (χ0) is 16.8. The number of hydrogen-bond donors (Lipinski definition) is 1. The molecule has 4 nitrogen and oxygen atoms in total. The standard InChI is InChI=1S/C19H25N3O/c1-14(2)19(16-6-5-11-20-13-16)21-18(23)12-15-7-9-17(10-8-15)22(3)4/h5-11,13-14,19H,12H2,1-4H3,(H,21,23)/t19-/m0/s1. The van der Waals surface area contributed by atoms with Crippen molar-refractivity contribution in [2.75, 3.05) is 19.0 Å². The van der Waals surface area contributed by atoms with Crippen LogP contribution in [0.25, 0.3) is 0 Å². The molecule has 0 saturated heterocycles. The van der Waals surface area contributed by atoms with Crippen molar-refractivity contribution in [1.82, 2.24) is 10.3 Å². The van der Waals surface area contributed by atoms with E-state index in [9.17, 15) is 4.79 Å². The van der Waals surface area contributed by atoms with E-state index in [4.69, 9.17) is 0 Å². The van der Waals surface area contributed by atoms with E-state index in [1.807, 2.05) is 61.6 Å². The van der Waals surface area contributed by atoms with Gasteiger partial charge in [0.1, 0.15) is 0 Å². The number of amides is 1. The van der Waals surface area contributed by atoms with Crippen LogP contribution in [-0.2, 0) is 11.2 Å². The molecule has 0 radical (unpaired) electrons. The first-order valence-corrected chi connectivity index (χ1v) is 7.93. The van der Waals surface area contributed by atoms with Crippen LogP contribution >= 0.6 is 0 Å². The van der Waals surface area contributed by atoms with Gasteiger partial charge in [-0.25, -0.2) is 0 Å². The van der Waals surface area contributed by atoms with Gasteiger partial charge in [-0.2, -0.15) is 0 Å². The number of rotatable bonds is 6. The summed E-state index contributed by atoms with van der Waals surface area (Å²) in [5.74, 6) is 0.337. The molecule has 1 atom stereocenters. The molecule has 1 aromatic carbocycles. The number of pyridine rings is 1. The van der Waals surface area contributed by atoms with Gasteiger partial charge in [-0.3, -0.25) is 9.78 Å². The quantitative estimate of drug-likeness (QED) is 0.891. The Labute approximate surface area is 138 Å². The van der Waals surface area contributed by atoms with Gasteiger partial charge in [0.05, 0.1) is 12.5 Å². The lowest BCUT2D eigenvalue weighted by Crippen LogP contribution is -2.32. The summed E-state index contributed by atoms with van der Waals surface area (Å²) in [5.41, 5.74) is 3.19. The van der Waals surface area contributed by atoms with E-state index < -0.39 is 0 Å². The van der Waals surface area contributed by atoms with Crippen LogP contribution in [0.2, 0.25) is 0 Å². The van der Waals surface area contributed by atoms with Crippen molar-refractivity contribution in [3.05, 3.63) is 59.9 Å². The number of aromatic nitrogens is 1.